The number of fused-ring (bicyclic) bond motifs is 2. The van der Waals surface area contributed by atoms with Crippen LogP contribution in [-0.4, -0.2) is 28.0 Å². The van der Waals surface area contributed by atoms with Crippen LogP contribution in [0, 0.1) is 0 Å². The SMILES string of the molecule is CC1Cc2c(Cl)cccc2N1C(=O)[C@@H](C)Nc1ncnc2cc(Cl)ccc12. The highest BCUT2D eigenvalue weighted by Crippen LogP contribution is 2.37. The van der Waals surface area contributed by atoms with E-state index in [1.165, 1.54) is 6.33 Å². The molecule has 0 spiro atoms. The fourth-order valence-corrected chi connectivity index (χ4v) is 3.97. The van der Waals surface area contributed by atoms with E-state index in [2.05, 4.69) is 15.3 Å². The number of rotatable bonds is 3. The van der Waals surface area contributed by atoms with E-state index in [0.717, 1.165) is 28.6 Å². The minimum absolute atomic E-state index is 0.0238. The molecule has 138 valence electrons. The van der Waals surface area contributed by atoms with E-state index in [9.17, 15) is 4.79 Å². The second-order valence-corrected chi connectivity index (χ2v) is 7.59. The Balaban J connectivity index is 1.62. The lowest BCUT2D eigenvalue weighted by Crippen LogP contribution is -2.44. The first-order valence-corrected chi connectivity index (χ1v) is 9.48. The summed E-state index contributed by atoms with van der Waals surface area (Å²) in [5.41, 5.74) is 2.63. The summed E-state index contributed by atoms with van der Waals surface area (Å²) < 4.78 is 0. The highest BCUT2D eigenvalue weighted by atomic mass is 35.5. The van der Waals surface area contributed by atoms with Gasteiger partial charge in [-0.2, -0.15) is 0 Å². The Morgan fingerprint density at radius 2 is 2.07 bits per heavy atom. The highest BCUT2D eigenvalue weighted by Gasteiger charge is 2.34. The van der Waals surface area contributed by atoms with Gasteiger partial charge in [-0.3, -0.25) is 4.79 Å². The molecule has 0 bridgehead atoms. The van der Waals surface area contributed by atoms with Gasteiger partial charge in [0, 0.05) is 27.2 Å². The van der Waals surface area contributed by atoms with Crippen LogP contribution in [0.3, 0.4) is 0 Å². The van der Waals surface area contributed by atoms with Gasteiger partial charge in [-0.05, 0) is 56.2 Å². The number of hydrogen-bond acceptors (Lipinski definition) is 4. The van der Waals surface area contributed by atoms with E-state index in [1.54, 1.807) is 12.1 Å². The number of carbonyl (C=O) groups excluding carboxylic acids is 1. The van der Waals surface area contributed by atoms with Crippen LogP contribution in [0.15, 0.2) is 42.7 Å². The van der Waals surface area contributed by atoms with E-state index in [4.69, 9.17) is 23.2 Å². The van der Waals surface area contributed by atoms with Crippen LogP contribution < -0.4 is 10.2 Å². The summed E-state index contributed by atoms with van der Waals surface area (Å²) in [5, 5.41) is 5.36. The highest BCUT2D eigenvalue weighted by molar-refractivity contribution is 6.32. The minimum Gasteiger partial charge on any atom is -0.358 e. The third kappa shape index (κ3) is 3.22. The van der Waals surface area contributed by atoms with E-state index in [-0.39, 0.29) is 11.9 Å². The molecule has 1 aliphatic heterocycles. The van der Waals surface area contributed by atoms with Gasteiger partial charge >= 0.3 is 0 Å². The molecule has 5 nitrogen and oxygen atoms in total. The second kappa shape index (κ2) is 6.98. The Morgan fingerprint density at radius 3 is 2.89 bits per heavy atom. The summed E-state index contributed by atoms with van der Waals surface area (Å²) in [6.45, 7) is 3.87. The standard InChI is InChI=1S/C20H18Cl2N4O/c1-11-8-15-16(22)4-3-5-18(15)26(11)20(27)12(2)25-19-14-7-6-13(21)9-17(14)23-10-24-19/h3-7,9-12H,8H2,1-2H3,(H,23,24,25)/t11?,12-/m1/s1. The van der Waals surface area contributed by atoms with Crippen LogP contribution in [0.4, 0.5) is 11.5 Å². The Labute approximate surface area is 167 Å². The van der Waals surface area contributed by atoms with Crippen LogP contribution in [0.25, 0.3) is 10.9 Å². The molecule has 2 heterocycles. The number of carbonyl (C=O) groups is 1. The molecule has 1 amide bonds. The summed E-state index contributed by atoms with van der Waals surface area (Å²) in [5.74, 6) is 0.583. The molecule has 2 atom stereocenters. The summed E-state index contributed by atoms with van der Waals surface area (Å²) in [6, 6.07) is 10.7. The van der Waals surface area contributed by atoms with Crippen molar-refractivity contribution in [3.63, 3.8) is 0 Å². The van der Waals surface area contributed by atoms with Crippen LogP contribution >= 0.6 is 23.2 Å². The predicted molar refractivity (Wildman–Crippen MR) is 110 cm³/mol. The number of amides is 1. The normalized spacial score (nSPS) is 17.0. The molecule has 27 heavy (non-hydrogen) atoms. The topological polar surface area (TPSA) is 58.1 Å². The monoisotopic (exact) mass is 400 g/mol. The summed E-state index contributed by atoms with van der Waals surface area (Å²) in [4.78, 5) is 23.5. The third-order valence-corrected chi connectivity index (χ3v) is 5.44. The average molecular weight is 401 g/mol. The number of aromatic nitrogens is 2. The van der Waals surface area contributed by atoms with Crippen molar-refractivity contribution in [2.75, 3.05) is 10.2 Å². The molecule has 0 radical (unpaired) electrons. The first-order chi connectivity index (χ1) is 13.0. The van der Waals surface area contributed by atoms with E-state index >= 15 is 0 Å². The van der Waals surface area contributed by atoms with Gasteiger partial charge in [0.15, 0.2) is 0 Å². The van der Waals surface area contributed by atoms with Crippen molar-refractivity contribution < 1.29 is 4.79 Å². The van der Waals surface area contributed by atoms with Crippen molar-refractivity contribution in [1.82, 2.24) is 9.97 Å². The molecule has 0 aliphatic carbocycles. The zero-order valence-electron chi connectivity index (χ0n) is 14.9. The Morgan fingerprint density at radius 1 is 1.26 bits per heavy atom. The van der Waals surface area contributed by atoms with Crippen molar-refractivity contribution in [3.05, 3.63) is 58.3 Å². The number of nitrogens with one attached hydrogen (secondary N) is 1. The van der Waals surface area contributed by atoms with Gasteiger partial charge < -0.3 is 10.2 Å². The molecule has 1 aromatic heterocycles. The van der Waals surface area contributed by atoms with Gasteiger partial charge in [0.05, 0.1) is 5.52 Å². The van der Waals surface area contributed by atoms with Crippen LogP contribution in [0.1, 0.15) is 19.4 Å². The molecule has 0 saturated carbocycles. The molecule has 7 heteroatoms. The molecular weight excluding hydrogens is 383 g/mol. The molecule has 2 aromatic carbocycles. The molecular formula is C20H18Cl2N4O. The van der Waals surface area contributed by atoms with Crippen molar-refractivity contribution in [1.29, 1.82) is 0 Å². The van der Waals surface area contributed by atoms with Gasteiger partial charge in [0.1, 0.15) is 18.2 Å². The minimum atomic E-state index is -0.467. The van der Waals surface area contributed by atoms with E-state index < -0.39 is 6.04 Å². The van der Waals surface area contributed by atoms with Crippen molar-refractivity contribution in [3.8, 4) is 0 Å². The fourth-order valence-electron chi connectivity index (χ4n) is 3.56. The lowest BCUT2D eigenvalue weighted by Gasteiger charge is -2.27. The number of hydrogen-bond donors (Lipinski definition) is 1. The summed E-state index contributed by atoms with van der Waals surface area (Å²) >= 11 is 12.3. The van der Waals surface area contributed by atoms with Gasteiger partial charge in [-0.1, -0.05) is 29.3 Å². The maximum atomic E-state index is 13.2. The Hall–Kier alpha value is -2.37. The second-order valence-electron chi connectivity index (χ2n) is 6.75. The maximum absolute atomic E-state index is 13.2. The summed E-state index contributed by atoms with van der Waals surface area (Å²) in [7, 11) is 0. The Kier molecular flexibility index (Phi) is 4.66. The summed E-state index contributed by atoms with van der Waals surface area (Å²) in [6.07, 6.45) is 2.22. The molecule has 4 rings (SSSR count). The van der Waals surface area contributed by atoms with Gasteiger partial charge in [-0.15, -0.1) is 0 Å². The first kappa shape index (κ1) is 18.0. The van der Waals surface area contributed by atoms with Crippen LogP contribution in [-0.2, 0) is 11.2 Å². The smallest absolute Gasteiger partial charge is 0.249 e. The lowest BCUT2D eigenvalue weighted by atomic mass is 10.1. The largest absolute Gasteiger partial charge is 0.358 e. The molecule has 3 aromatic rings. The van der Waals surface area contributed by atoms with Crippen molar-refractivity contribution >= 4 is 51.5 Å². The van der Waals surface area contributed by atoms with Gasteiger partial charge in [0.2, 0.25) is 5.91 Å². The Bertz CT molecular complexity index is 1040. The number of anilines is 2. The number of halogens is 2. The maximum Gasteiger partial charge on any atom is 0.249 e. The number of nitrogens with zero attached hydrogens (tertiary/aromatic N) is 3. The van der Waals surface area contributed by atoms with Gasteiger partial charge in [-0.25, -0.2) is 9.97 Å². The zero-order chi connectivity index (χ0) is 19.1. The number of benzene rings is 2. The zero-order valence-corrected chi connectivity index (χ0v) is 16.4. The molecule has 1 aliphatic rings. The first-order valence-electron chi connectivity index (χ1n) is 8.73. The quantitative estimate of drug-likeness (QED) is 0.690. The molecule has 0 fully saturated rings. The van der Waals surface area contributed by atoms with Crippen molar-refractivity contribution in [2.45, 2.75) is 32.4 Å². The molecule has 1 N–H and O–H groups in total. The molecule has 0 saturated heterocycles. The lowest BCUT2D eigenvalue weighted by molar-refractivity contribution is -0.119. The third-order valence-electron chi connectivity index (χ3n) is 4.85. The van der Waals surface area contributed by atoms with E-state index in [1.807, 2.05) is 43.0 Å². The van der Waals surface area contributed by atoms with E-state index in [0.29, 0.717) is 15.9 Å². The molecule has 1 unspecified atom stereocenters. The average Bonchev–Trinajstić information content (AvgIpc) is 2.98. The van der Waals surface area contributed by atoms with Crippen molar-refractivity contribution in [2.24, 2.45) is 0 Å². The van der Waals surface area contributed by atoms with Crippen LogP contribution in [0.2, 0.25) is 10.0 Å². The predicted octanol–water partition coefficient (Wildman–Crippen LogP) is 4.71. The fraction of sp³-hybridized carbons (Fsp3) is 0.250. The van der Waals surface area contributed by atoms with Crippen LogP contribution in [0.5, 0.6) is 0 Å². The van der Waals surface area contributed by atoms with Gasteiger partial charge in [0.25, 0.3) is 0 Å².